The van der Waals surface area contributed by atoms with Gasteiger partial charge in [-0.1, -0.05) is 32.0 Å². The molecule has 3 rings (SSSR count). The maximum absolute atomic E-state index is 12.6. The van der Waals surface area contributed by atoms with Gasteiger partial charge in [0.25, 0.3) is 5.91 Å². The number of nitrogens with one attached hydrogen (secondary N) is 1. The van der Waals surface area contributed by atoms with Crippen LogP contribution in [-0.2, 0) is 0 Å². The van der Waals surface area contributed by atoms with Crippen molar-refractivity contribution < 1.29 is 9.53 Å². The minimum atomic E-state index is -0.159. The highest BCUT2D eigenvalue weighted by atomic mass is 16.5. The van der Waals surface area contributed by atoms with Crippen molar-refractivity contribution in [2.45, 2.75) is 26.7 Å². The van der Waals surface area contributed by atoms with Gasteiger partial charge in [-0.15, -0.1) is 0 Å². The number of ether oxygens (including phenoxy) is 1. The van der Waals surface area contributed by atoms with Crippen molar-refractivity contribution in [2.24, 2.45) is 0 Å². The highest BCUT2D eigenvalue weighted by Crippen LogP contribution is 2.22. The van der Waals surface area contributed by atoms with Crippen LogP contribution in [0.4, 0.5) is 0 Å². The highest BCUT2D eigenvalue weighted by molar-refractivity contribution is 5.95. The Labute approximate surface area is 159 Å². The number of benzene rings is 1. The smallest absolute Gasteiger partial charge is 0.254 e. The van der Waals surface area contributed by atoms with Crippen LogP contribution in [0.15, 0.2) is 54.9 Å². The summed E-state index contributed by atoms with van der Waals surface area (Å²) in [5, 5.41) is 7.28. The summed E-state index contributed by atoms with van der Waals surface area (Å²) < 4.78 is 7.40. The second-order valence-corrected chi connectivity index (χ2v) is 6.62. The zero-order valence-electron chi connectivity index (χ0n) is 15.8. The molecule has 0 saturated carbocycles. The van der Waals surface area contributed by atoms with Crippen LogP contribution in [0.2, 0.25) is 0 Å². The van der Waals surface area contributed by atoms with E-state index >= 15 is 0 Å². The summed E-state index contributed by atoms with van der Waals surface area (Å²) in [7, 11) is 0. The van der Waals surface area contributed by atoms with Gasteiger partial charge in [-0.3, -0.25) is 4.79 Å². The molecule has 0 radical (unpaired) electrons. The van der Waals surface area contributed by atoms with Crippen molar-refractivity contribution in [3.05, 3.63) is 71.7 Å². The standard InChI is InChI=1S/C21H24N4O2/c1-15(2)20-18(14-24-25(20)19-9-4-5-10-22-19)21(26)23-11-12-27-17-8-6-7-16(3)13-17/h4-10,13-15H,11-12H2,1-3H3,(H,23,26). The molecule has 0 fully saturated rings. The van der Waals surface area contributed by atoms with Crippen LogP contribution in [0.5, 0.6) is 5.75 Å². The Balaban J connectivity index is 1.65. The molecule has 0 aliphatic heterocycles. The molecule has 0 spiro atoms. The first-order valence-electron chi connectivity index (χ1n) is 9.03. The molecule has 2 aromatic heterocycles. The number of amides is 1. The molecule has 0 aliphatic carbocycles. The molecule has 1 N–H and O–H groups in total. The van der Waals surface area contributed by atoms with Crippen LogP contribution in [0, 0.1) is 6.92 Å². The molecule has 27 heavy (non-hydrogen) atoms. The van der Waals surface area contributed by atoms with Gasteiger partial charge in [-0.2, -0.15) is 5.10 Å². The van der Waals surface area contributed by atoms with Crippen molar-refractivity contribution >= 4 is 5.91 Å². The van der Waals surface area contributed by atoms with Gasteiger partial charge in [0.05, 0.1) is 24.0 Å². The third-order valence-electron chi connectivity index (χ3n) is 4.11. The van der Waals surface area contributed by atoms with Gasteiger partial charge >= 0.3 is 0 Å². The molecule has 2 heterocycles. The molecule has 3 aromatic rings. The van der Waals surface area contributed by atoms with Crippen LogP contribution >= 0.6 is 0 Å². The first-order valence-corrected chi connectivity index (χ1v) is 9.03. The van der Waals surface area contributed by atoms with Gasteiger partial charge in [-0.25, -0.2) is 9.67 Å². The Morgan fingerprint density at radius 1 is 1.22 bits per heavy atom. The van der Waals surface area contributed by atoms with Gasteiger partial charge in [0.15, 0.2) is 5.82 Å². The molecule has 1 aromatic carbocycles. The maximum atomic E-state index is 12.6. The molecule has 0 unspecified atom stereocenters. The van der Waals surface area contributed by atoms with E-state index in [9.17, 15) is 4.79 Å². The largest absolute Gasteiger partial charge is 0.492 e. The molecule has 0 atom stereocenters. The highest BCUT2D eigenvalue weighted by Gasteiger charge is 2.21. The number of carbonyl (C=O) groups is 1. The van der Waals surface area contributed by atoms with Gasteiger partial charge in [-0.05, 0) is 42.7 Å². The summed E-state index contributed by atoms with van der Waals surface area (Å²) in [5.74, 6) is 1.46. The van der Waals surface area contributed by atoms with E-state index in [2.05, 4.69) is 15.4 Å². The summed E-state index contributed by atoms with van der Waals surface area (Å²) in [6.07, 6.45) is 3.31. The summed E-state index contributed by atoms with van der Waals surface area (Å²) in [6.45, 7) is 6.91. The Hall–Kier alpha value is -3.15. The molecule has 0 aliphatic rings. The zero-order chi connectivity index (χ0) is 19.2. The number of rotatable bonds is 7. The fraction of sp³-hybridized carbons (Fsp3) is 0.286. The summed E-state index contributed by atoms with van der Waals surface area (Å²) in [6, 6.07) is 13.5. The zero-order valence-corrected chi connectivity index (χ0v) is 15.8. The van der Waals surface area contributed by atoms with Crippen molar-refractivity contribution in [1.29, 1.82) is 0 Å². The number of hydrogen-bond acceptors (Lipinski definition) is 4. The third kappa shape index (κ3) is 4.53. The van der Waals surface area contributed by atoms with E-state index in [1.807, 2.05) is 63.2 Å². The molecule has 6 heteroatoms. The van der Waals surface area contributed by atoms with Crippen molar-refractivity contribution in [3.63, 3.8) is 0 Å². The van der Waals surface area contributed by atoms with E-state index in [4.69, 9.17) is 4.74 Å². The fourth-order valence-corrected chi connectivity index (χ4v) is 2.88. The number of pyridine rings is 1. The molecule has 1 amide bonds. The number of aryl methyl sites for hydroxylation is 1. The second kappa shape index (κ2) is 8.49. The molecular formula is C21H24N4O2. The number of carbonyl (C=O) groups excluding carboxylic acids is 1. The van der Waals surface area contributed by atoms with Gasteiger partial charge < -0.3 is 10.1 Å². The fourth-order valence-electron chi connectivity index (χ4n) is 2.88. The van der Waals surface area contributed by atoms with E-state index in [0.717, 1.165) is 17.0 Å². The van der Waals surface area contributed by atoms with Crippen LogP contribution in [0.1, 0.15) is 41.4 Å². The lowest BCUT2D eigenvalue weighted by Crippen LogP contribution is -2.29. The average Bonchev–Trinajstić information content (AvgIpc) is 3.11. The van der Waals surface area contributed by atoms with E-state index in [1.54, 1.807) is 17.1 Å². The third-order valence-corrected chi connectivity index (χ3v) is 4.11. The lowest BCUT2D eigenvalue weighted by atomic mass is 10.1. The number of hydrogen-bond donors (Lipinski definition) is 1. The second-order valence-electron chi connectivity index (χ2n) is 6.62. The first-order chi connectivity index (χ1) is 13.1. The van der Waals surface area contributed by atoms with Gasteiger partial charge in [0.2, 0.25) is 0 Å². The van der Waals surface area contributed by atoms with E-state index in [1.165, 1.54) is 0 Å². The molecule has 140 valence electrons. The van der Waals surface area contributed by atoms with E-state index in [0.29, 0.717) is 24.5 Å². The van der Waals surface area contributed by atoms with Gasteiger partial charge in [0, 0.05) is 6.20 Å². The summed E-state index contributed by atoms with van der Waals surface area (Å²) in [4.78, 5) is 17.0. The van der Waals surface area contributed by atoms with E-state index in [-0.39, 0.29) is 11.8 Å². The van der Waals surface area contributed by atoms with E-state index < -0.39 is 0 Å². The first kappa shape index (κ1) is 18.6. The normalized spacial score (nSPS) is 10.8. The lowest BCUT2D eigenvalue weighted by molar-refractivity contribution is 0.0945. The summed E-state index contributed by atoms with van der Waals surface area (Å²) in [5.41, 5.74) is 2.54. The summed E-state index contributed by atoms with van der Waals surface area (Å²) >= 11 is 0. The molecule has 6 nitrogen and oxygen atoms in total. The van der Waals surface area contributed by atoms with Crippen molar-refractivity contribution in [2.75, 3.05) is 13.2 Å². The molecular weight excluding hydrogens is 340 g/mol. The minimum Gasteiger partial charge on any atom is -0.492 e. The lowest BCUT2D eigenvalue weighted by Gasteiger charge is -2.12. The number of aromatic nitrogens is 3. The maximum Gasteiger partial charge on any atom is 0.254 e. The SMILES string of the molecule is Cc1cccc(OCCNC(=O)c2cnn(-c3ccccn3)c2C(C)C)c1. The predicted molar refractivity (Wildman–Crippen MR) is 104 cm³/mol. The average molecular weight is 364 g/mol. The monoisotopic (exact) mass is 364 g/mol. The Bertz CT molecular complexity index is 904. The number of nitrogens with zero attached hydrogens (tertiary/aromatic N) is 3. The Morgan fingerprint density at radius 2 is 2.07 bits per heavy atom. The van der Waals surface area contributed by atoms with Crippen molar-refractivity contribution in [1.82, 2.24) is 20.1 Å². The molecule has 0 bridgehead atoms. The van der Waals surface area contributed by atoms with Crippen LogP contribution in [0.25, 0.3) is 5.82 Å². The Kier molecular flexibility index (Phi) is 5.86. The van der Waals surface area contributed by atoms with Crippen LogP contribution < -0.4 is 10.1 Å². The minimum absolute atomic E-state index is 0.124. The topological polar surface area (TPSA) is 69.0 Å². The Morgan fingerprint density at radius 3 is 2.78 bits per heavy atom. The molecule has 0 saturated heterocycles. The van der Waals surface area contributed by atoms with Crippen molar-refractivity contribution in [3.8, 4) is 11.6 Å². The van der Waals surface area contributed by atoms with Gasteiger partial charge in [0.1, 0.15) is 12.4 Å². The van der Waals surface area contributed by atoms with Crippen LogP contribution in [0.3, 0.4) is 0 Å². The predicted octanol–water partition coefficient (Wildman–Crippen LogP) is 3.51. The van der Waals surface area contributed by atoms with Crippen LogP contribution in [-0.4, -0.2) is 33.8 Å². The quantitative estimate of drug-likeness (QED) is 0.652.